The summed E-state index contributed by atoms with van der Waals surface area (Å²) in [5.41, 5.74) is 8.87. The largest absolute Gasteiger partial charge is 0.396 e. The molecule has 0 spiro atoms. The first kappa shape index (κ1) is 18.8. The van der Waals surface area contributed by atoms with E-state index >= 15 is 0 Å². The molecule has 1 saturated heterocycles. The molecule has 3 rings (SSSR count). The Hall–Kier alpha value is -1.93. The van der Waals surface area contributed by atoms with Crippen LogP contribution in [0.5, 0.6) is 0 Å². The quantitative estimate of drug-likeness (QED) is 0.618. The Morgan fingerprint density at radius 3 is 2.65 bits per heavy atom. The minimum Gasteiger partial charge on any atom is -0.396 e. The van der Waals surface area contributed by atoms with Crippen LogP contribution in [0, 0.1) is 0 Å². The van der Waals surface area contributed by atoms with Crippen LogP contribution >= 0.6 is 11.3 Å². The molecule has 0 atom stereocenters. The number of nitrogen functional groups attached to an aromatic ring is 1. The molecule has 7 heteroatoms. The number of nitrogens with two attached hydrogens (primary N) is 1. The lowest BCUT2D eigenvalue weighted by Gasteiger charge is -2.26. The van der Waals surface area contributed by atoms with E-state index < -0.39 is 0 Å². The van der Waals surface area contributed by atoms with Crippen LogP contribution in [0.15, 0.2) is 35.0 Å². The van der Waals surface area contributed by atoms with Crippen molar-refractivity contribution in [1.29, 1.82) is 0 Å². The van der Waals surface area contributed by atoms with Gasteiger partial charge in [0.1, 0.15) is 0 Å². The van der Waals surface area contributed by atoms with Crippen molar-refractivity contribution in [3.05, 3.63) is 46.2 Å². The normalized spacial score (nSPS) is 15.1. The number of nitrogens with zero attached hydrogens (tertiary/aromatic N) is 1. The maximum Gasteiger partial charge on any atom is 0.255 e. The second-order valence-corrected chi connectivity index (χ2v) is 7.12. The van der Waals surface area contributed by atoms with Crippen LogP contribution in [0.4, 0.5) is 11.4 Å². The summed E-state index contributed by atoms with van der Waals surface area (Å²) in [4.78, 5) is 14.7. The molecule has 1 aromatic heterocycles. The number of ether oxygens (including phenoxy) is 1. The van der Waals surface area contributed by atoms with Crippen LogP contribution in [0.1, 0.15) is 22.3 Å². The molecule has 1 aromatic carbocycles. The molecule has 4 N–H and O–H groups in total. The van der Waals surface area contributed by atoms with Crippen molar-refractivity contribution < 1.29 is 9.53 Å². The van der Waals surface area contributed by atoms with Crippen molar-refractivity contribution >= 4 is 28.6 Å². The van der Waals surface area contributed by atoms with E-state index in [2.05, 4.69) is 15.5 Å². The van der Waals surface area contributed by atoms with Gasteiger partial charge in [0.15, 0.2) is 0 Å². The second kappa shape index (κ2) is 9.68. The van der Waals surface area contributed by atoms with Gasteiger partial charge in [-0.1, -0.05) is 12.1 Å². The van der Waals surface area contributed by atoms with Crippen molar-refractivity contribution in [2.75, 3.05) is 50.4 Å². The van der Waals surface area contributed by atoms with E-state index in [4.69, 9.17) is 10.5 Å². The number of rotatable bonds is 8. The first-order chi connectivity index (χ1) is 12.7. The van der Waals surface area contributed by atoms with Gasteiger partial charge in [0.05, 0.1) is 24.6 Å². The second-order valence-electron chi connectivity index (χ2n) is 6.38. The number of thiophene rings is 1. The summed E-state index contributed by atoms with van der Waals surface area (Å²) in [6.07, 6.45) is 1.13. The monoisotopic (exact) mass is 374 g/mol. The molecule has 0 unspecified atom stereocenters. The lowest BCUT2D eigenvalue weighted by molar-refractivity contribution is 0.0374. The first-order valence-electron chi connectivity index (χ1n) is 8.95. The minimum absolute atomic E-state index is 0.139. The Bertz CT molecular complexity index is 696. The number of benzene rings is 1. The molecule has 140 valence electrons. The van der Waals surface area contributed by atoms with Gasteiger partial charge in [-0.05, 0) is 37.2 Å². The molecule has 6 nitrogen and oxygen atoms in total. The highest BCUT2D eigenvalue weighted by molar-refractivity contribution is 7.09. The highest BCUT2D eigenvalue weighted by atomic mass is 32.1. The van der Waals surface area contributed by atoms with Gasteiger partial charge in [-0.3, -0.25) is 9.69 Å². The van der Waals surface area contributed by atoms with Crippen molar-refractivity contribution in [2.24, 2.45) is 0 Å². The average molecular weight is 375 g/mol. The Morgan fingerprint density at radius 1 is 1.19 bits per heavy atom. The molecule has 1 amide bonds. The van der Waals surface area contributed by atoms with Gasteiger partial charge in [-0.15, -0.1) is 11.3 Å². The molecule has 0 aliphatic carbocycles. The maximum absolute atomic E-state index is 12.2. The average Bonchev–Trinajstić information content (AvgIpc) is 3.07. The van der Waals surface area contributed by atoms with Crippen molar-refractivity contribution in [2.45, 2.75) is 13.0 Å². The molecule has 1 fully saturated rings. The van der Waals surface area contributed by atoms with E-state index in [-0.39, 0.29) is 5.91 Å². The molecule has 0 saturated carbocycles. The van der Waals surface area contributed by atoms with E-state index in [0.717, 1.165) is 52.4 Å². The number of hydrogen-bond acceptors (Lipinski definition) is 6. The van der Waals surface area contributed by atoms with Crippen LogP contribution in [0.2, 0.25) is 0 Å². The van der Waals surface area contributed by atoms with Crippen molar-refractivity contribution in [3.63, 3.8) is 0 Å². The Labute approximate surface area is 158 Å². The summed E-state index contributed by atoms with van der Waals surface area (Å²) < 4.78 is 5.35. The number of nitrogens with one attached hydrogen (secondary N) is 2. The number of anilines is 2. The molecule has 0 radical (unpaired) electrons. The third-order valence-corrected chi connectivity index (χ3v) is 5.18. The standard InChI is InChI=1S/C19H26N4O2S/c20-17-13-26-14-18(17)22-19(24)16-4-2-15(3-5-16)12-21-6-1-7-23-8-10-25-11-9-23/h2-5,13-14,21H,1,6-12,20H2,(H,22,24). The van der Waals surface area contributed by atoms with Crippen LogP contribution < -0.4 is 16.4 Å². The lowest BCUT2D eigenvalue weighted by atomic mass is 10.1. The molecule has 1 aliphatic rings. The van der Waals surface area contributed by atoms with Crippen LogP contribution in [-0.2, 0) is 11.3 Å². The zero-order valence-electron chi connectivity index (χ0n) is 14.9. The highest BCUT2D eigenvalue weighted by Gasteiger charge is 2.10. The minimum atomic E-state index is -0.139. The molecule has 2 aromatic rings. The van der Waals surface area contributed by atoms with E-state index in [0.29, 0.717) is 16.9 Å². The summed E-state index contributed by atoms with van der Waals surface area (Å²) >= 11 is 1.47. The number of hydrogen-bond donors (Lipinski definition) is 3. The summed E-state index contributed by atoms with van der Waals surface area (Å²) in [6.45, 7) is 6.69. The van der Waals surface area contributed by atoms with Gasteiger partial charge in [0.2, 0.25) is 0 Å². The first-order valence-corrected chi connectivity index (χ1v) is 9.89. The summed E-state index contributed by atoms with van der Waals surface area (Å²) in [5.74, 6) is -0.139. The summed E-state index contributed by atoms with van der Waals surface area (Å²) in [6, 6.07) is 7.67. The van der Waals surface area contributed by atoms with E-state index in [9.17, 15) is 4.79 Å². The van der Waals surface area contributed by atoms with Gasteiger partial charge in [-0.25, -0.2) is 0 Å². The fourth-order valence-corrected chi connectivity index (χ4v) is 3.53. The van der Waals surface area contributed by atoms with E-state index in [1.807, 2.05) is 35.0 Å². The molecular formula is C19H26N4O2S. The Balaban J connectivity index is 1.37. The summed E-state index contributed by atoms with van der Waals surface area (Å²) in [7, 11) is 0. The molecule has 1 aliphatic heterocycles. The molecular weight excluding hydrogens is 348 g/mol. The number of amides is 1. The van der Waals surface area contributed by atoms with Crippen LogP contribution in [0.3, 0.4) is 0 Å². The van der Waals surface area contributed by atoms with Gasteiger partial charge in [0, 0.05) is 36.0 Å². The maximum atomic E-state index is 12.2. The Kier molecular flexibility index (Phi) is 7.02. The fourth-order valence-electron chi connectivity index (χ4n) is 2.86. The summed E-state index contributed by atoms with van der Waals surface area (Å²) in [5, 5.41) is 9.94. The third kappa shape index (κ3) is 5.54. The third-order valence-electron chi connectivity index (χ3n) is 4.42. The SMILES string of the molecule is Nc1cscc1NC(=O)c1ccc(CNCCCN2CCOCC2)cc1. The molecule has 2 heterocycles. The fraction of sp³-hybridized carbons (Fsp3) is 0.421. The van der Waals surface area contributed by atoms with Gasteiger partial charge >= 0.3 is 0 Å². The van der Waals surface area contributed by atoms with Crippen molar-refractivity contribution in [1.82, 2.24) is 10.2 Å². The highest BCUT2D eigenvalue weighted by Crippen LogP contribution is 2.23. The smallest absolute Gasteiger partial charge is 0.255 e. The Morgan fingerprint density at radius 2 is 1.96 bits per heavy atom. The number of carbonyl (C=O) groups excluding carboxylic acids is 1. The lowest BCUT2D eigenvalue weighted by Crippen LogP contribution is -2.37. The number of carbonyl (C=O) groups is 1. The van der Waals surface area contributed by atoms with Crippen molar-refractivity contribution in [3.8, 4) is 0 Å². The molecule has 0 bridgehead atoms. The molecule has 26 heavy (non-hydrogen) atoms. The predicted octanol–water partition coefficient (Wildman–Crippen LogP) is 2.39. The van der Waals surface area contributed by atoms with E-state index in [1.165, 1.54) is 16.9 Å². The number of morpholine rings is 1. The van der Waals surface area contributed by atoms with Crippen LogP contribution in [0.25, 0.3) is 0 Å². The van der Waals surface area contributed by atoms with Crippen LogP contribution in [-0.4, -0.2) is 50.2 Å². The zero-order valence-corrected chi connectivity index (χ0v) is 15.7. The topological polar surface area (TPSA) is 79.6 Å². The van der Waals surface area contributed by atoms with E-state index in [1.54, 1.807) is 0 Å². The predicted molar refractivity (Wildman–Crippen MR) is 107 cm³/mol. The van der Waals surface area contributed by atoms with Gasteiger partial charge in [0.25, 0.3) is 5.91 Å². The zero-order chi connectivity index (χ0) is 18.2. The van der Waals surface area contributed by atoms with Gasteiger partial charge in [-0.2, -0.15) is 0 Å². The van der Waals surface area contributed by atoms with Gasteiger partial charge < -0.3 is 21.1 Å².